The predicted molar refractivity (Wildman–Crippen MR) is 61.8 cm³/mol. The normalized spacial score (nSPS) is 22.0. The van der Waals surface area contributed by atoms with E-state index in [-0.39, 0.29) is 23.8 Å². The molecule has 1 fully saturated rings. The summed E-state index contributed by atoms with van der Waals surface area (Å²) in [6.45, 7) is 2.60. The molecule has 1 aliphatic heterocycles. The molecule has 2 rings (SSSR count). The number of aromatic nitrogens is 1. The fourth-order valence-electron chi connectivity index (χ4n) is 1.99. The highest BCUT2D eigenvalue weighted by atomic mass is 19.1. The molecule has 0 spiro atoms. The number of halogens is 1. The van der Waals surface area contributed by atoms with E-state index in [9.17, 15) is 9.18 Å². The second-order valence-electron chi connectivity index (χ2n) is 4.36. The first-order valence-corrected chi connectivity index (χ1v) is 5.78. The third kappa shape index (κ3) is 3.23. The first-order chi connectivity index (χ1) is 8.15. The number of carbonyl (C=O) groups excluding carboxylic acids is 1. The molecule has 1 aromatic rings. The molecule has 1 aromatic heterocycles. The van der Waals surface area contributed by atoms with Gasteiger partial charge in [0.15, 0.2) is 0 Å². The molecule has 1 aliphatic rings. The average molecular weight is 237 g/mol. The van der Waals surface area contributed by atoms with Crippen molar-refractivity contribution in [1.29, 1.82) is 0 Å². The molecule has 0 aromatic carbocycles. The third-order valence-electron chi connectivity index (χ3n) is 2.98. The summed E-state index contributed by atoms with van der Waals surface area (Å²) in [4.78, 5) is 14.8. The quantitative estimate of drug-likeness (QED) is 0.829. The maximum atomic E-state index is 13.0. The van der Waals surface area contributed by atoms with Crippen LogP contribution in [0.3, 0.4) is 0 Å². The standard InChI is InChI=1S/C12H16FN3O/c1-8(9-4-10(13)6-14-5-9)16-11-2-3-12(17)15-7-11/h4-6,8,11,16H,2-3,7H2,1H3,(H,15,17). The molecule has 1 saturated heterocycles. The van der Waals surface area contributed by atoms with Crippen molar-refractivity contribution in [2.24, 2.45) is 0 Å². The van der Waals surface area contributed by atoms with E-state index in [2.05, 4.69) is 15.6 Å². The smallest absolute Gasteiger partial charge is 0.220 e. The first kappa shape index (κ1) is 12.0. The van der Waals surface area contributed by atoms with Crippen molar-refractivity contribution in [2.45, 2.75) is 31.8 Å². The monoisotopic (exact) mass is 237 g/mol. The van der Waals surface area contributed by atoms with Crippen molar-refractivity contribution >= 4 is 5.91 Å². The van der Waals surface area contributed by atoms with Crippen LogP contribution in [-0.4, -0.2) is 23.5 Å². The second kappa shape index (κ2) is 5.23. The van der Waals surface area contributed by atoms with Crippen LogP contribution in [0.15, 0.2) is 18.5 Å². The number of pyridine rings is 1. The average Bonchev–Trinajstić information content (AvgIpc) is 2.32. The Labute approximate surface area is 99.6 Å². The minimum atomic E-state index is -0.326. The maximum Gasteiger partial charge on any atom is 0.220 e. The van der Waals surface area contributed by atoms with Gasteiger partial charge in [-0.1, -0.05) is 0 Å². The summed E-state index contributed by atoms with van der Waals surface area (Å²) in [5.41, 5.74) is 0.821. The summed E-state index contributed by atoms with van der Waals surface area (Å²) < 4.78 is 13.0. The Balaban J connectivity index is 1.92. The molecule has 1 amide bonds. The van der Waals surface area contributed by atoms with Gasteiger partial charge in [-0.25, -0.2) is 4.39 Å². The van der Waals surface area contributed by atoms with Gasteiger partial charge in [0.05, 0.1) is 6.20 Å². The van der Waals surface area contributed by atoms with E-state index >= 15 is 0 Å². The Morgan fingerprint density at radius 2 is 2.41 bits per heavy atom. The summed E-state index contributed by atoms with van der Waals surface area (Å²) in [7, 11) is 0. The highest BCUT2D eigenvalue weighted by Gasteiger charge is 2.19. The summed E-state index contributed by atoms with van der Waals surface area (Å²) in [5, 5.41) is 6.17. The number of nitrogens with zero attached hydrogens (tertiary/aromatic N) is 1. The number of piperidine rings is 1. The molecule has 0 radical (unpaired) electrons. The van der Waals surface area contributed by atoms with E-state index in [1.54, 1.807) is 6.20 Å². The number of amides is 1. The molecule has 2 atom stereocenters. The van der Waals surface area contributed by atoms with Gasteiger partial charge in [0.1, 0.15) is 5.82 Å². The largest absolute Gasteiger partial charge is 0.355 e. The van der Waals surface area contributed by atoms with Gasteiger partial charge in [0.2, 0.25) is 5.91 Å². The molecule has 92 valence electrons. The summed E-state index contributed by atoms with van der Waals surface area (Å²) in [6.07, 6.45) is 4.21. The highest BCUT2D eigenvalue weighted by Crippen LogP contribution is 2.14. The van der Waals surface area contributed by atoms with E-state index in [0.29, 0.717) is 13.0 Å². The van der Waals surface area contributed by atoms with Crippen LogP contribution < -0.4 is 10.6 Å². The number of nitrogens with one attached hydrogen (secondary N) is 2. The van der Waals surface area contributed by atoms with Crippen LogP contribution in [0.4, 0.5) is 4.39 Å². The number of rotatable bonds is 3. The molecule has 17 heavy (non-hydrogen) atoms. The minimum absolute atomic E-state index is 0.0261. The molecule has 0 aliphatic carbocycles. The van der Waals surface area contributed by atoms with Gasteiger partial charge in [-0.05, 0) is 25.0 Å². The van der Waals surface area contributed by atoms with Crippen LogP contribution in [0.1, 0.15) is 31.4 Å². The lowest BCUT2D eigenvalue weighted by molar-refractivity contribution is -0.122. The Morgan fingerprint density at radius 1 is 1.59 bits per heavy atom. The number of hydrogen-bond donors (Lipinski definition) is 2. The fraction of sp³-hybridized carbons (Fsp3) is 0.500. The van der Waals surface area contributed by atoms with Crippen molar-refractivity contribution in [2.75, 3.05) is 6.54 Å². The van der Waals surface area contributed by atoms with E-state index in [1.807, 2.05) is 6.92 Å². The molecule has 0 saturated carbocycles. The number of carbonyl (C=O) groups is 1. The zero-order valence-corrected chi connectivity index (χ0v) is 9.74. The predicted octanol–water partition coefficient (Wildman–Crippen LogP) is 1.15. The van der Waals surface area contributed by atoms with E-state index in [0.717, 1.165) is 12.0 Å². The summed E-state index contributed by atoms with van der Waals surface area (Å²) in [6, 6.07) is 1.75. The molecular formula is C12H16FN3O. The Morgan fingerprint density at radius 3 is 3.06 bits per heavy atom. The topological polar surface area (TPSA) is 54.0 Å². The molecule has 2 unspecified atom stereocenters. The fourth-order valence-corrected chi connectivity index (χ4v) is 1.99. The molecular weight excluding hydrogens is 221 g/mol. The highest BCUT2D eigenvalue weighted by molar-refractivity contribution is 5.76. The lowest BCUT2D eigenvalue weighted by Gasteiger charge is -2.27. The first-order valence-electron chi connectivity index (χ1n) is 5.78. The van der Waals surface area contributed by atoms with Crippen LogP contribution in [0.5, 0.6) is 0 Å². The van der Waals surface area contributed by atoms with Crippen molar-refractivity contribution < 1.29 is 9.18 Å². The van der Waals surface area contributed by atoms with Crippen molar-refractivity contribution in [3.05, 3.63) is 29.8 Å². The van der Waals surface area contributed by atoms with Gasteiger partial charge in [0.25, 0.3) is 0 Å². The zero-order chi connectivity index (χ0) is 12.3. The lowest BCUT2D eigenvalue weighted by atomic mass is 10.0. The second-order valence-corrected chi connectivity index (χ2v) is 4.36. The van der Waals surface area contributed by atoms with Gasteiger partial charge in [-0.2, -0.15) is 0 Å². The maximum absolute atomic E-state index is 13.0. The van der Waals surface area contributed by atoms with E-state index < -0.39 is 0 Å². The summed E-state index contributed by atoms with van der Waals surface area (Å²) >= 11 is 0. The zero-order valence-electron chi connectivity index (χ0n) is 9.74. The van der Waals surface area contributed by atoms with Crippen molar-refractivity contribution in [3.8, 4) is 0 Å². The van der Waals surface area contributed by atoms with Gasteiger partial charge in [0, 0.05) is 31.2 Å². The van der Waals surface area contributed by atoms with Gasteiger partial charge in [-0.3, -0.25) is 9.78 Å². The van der Waals surface area contributed by atoms with Crippen LogP contribution >= 0.6 is 0 Å². The third-order valence-corrected chi connectivity index (χ3v) is 2.98. The van der Waals surface area contributed by atoms with Crippen LogP contribution in [0.2, 0.25) is 0 Å². The van der Waals surface area contributed by atoms with Gasteiger partial charge < -0.3 is 10.6 Å². The van der Waals surface area contributed by atoms with Crippen molar-refractivity contribution in [1.82, 2.24) is 15.6 Å². The van der Waals surface area contributed by atoms with Crippen molar-refractivity contribution in [3.63, 3.8) is 0 Å². The molecule has 4 nitrogen and oxygen atoms in total. The van der Waals surface area contributed by atoms with Crippen LogP contribution in [0.25, 0.3) is 0 Å². The van der Waals surface area contributed by atoms with E-state index in [4.69, 9.17) is 0 Å². The van der Waals surface area contributed by atoms with Crippen LogP contribution in [-0.2, 0) is 4.79 Å². The summed E-state index contributed by atoms with van der Waals surface area (Å²) in [5.74, 6) is -0.226. The molecule has 5 heteroatoms. The molecule has 0 bridgehead atoms. The molecule has 2 N–H and O–H groups in total. The van der Waals surface area contributed by atoms with Gasteiger partial charge in [-0.15, -0.1) is 0 Å². The Kier molecular flexibility index (Phi) is 3.68. The Hall–Kier alpha value is -1.49. The lowest BCUT2D eigenvalue weighted by Crippen LogP contribution is -2.46. The minimum Gasteiger partial charge on any atom is -0.355 e. The van der Waals surface area contributed by atoms with Crippen LogP contribution in [0, 0.1) is 5.82 Å². The SMILES string of the molecule is CC(NC1CCC(=O)NC1)c1cncc(F)c1. The number of hydrogen-bond acceptors (Lipinski definition) is 3. The van der Waals surface area contributed by atoms with Gasteiger partial charge >= 0.3 is 0 Å². The molecule has 2 heterocycles. The Bertz CT molecular complexity index is 400. The van der Waals surface area contributed by atoms with E-state index in [1.165, 1.54) is 12.3 Å².